The normalized spacial score (nSPS) is 15.8. The molecule has 0 bridgehead atoms. The van der Waals surface area contributed by atoms with E-state index in [2.05, 4.69) is 5.32 Å². The Bertz CT molecular complexity index is 1080. The van der Waals surface area contributed by atoms with Crippen molar-refractivity contribution in [2.75, 3.05) is 38.3 Å². The first kappa shape index (κ1) is 24.4. The van der Waals surface area contributed by atoms with Gasteiger partial charge in [0.15, 0.2) is 0 Å². The van der Waals surface area contributed by atoms with Gasteiger partial charge in [0.25, 0.3) is 5.91 Å². The fraction of sp³-hybridized carbons (Fsp3) is 0.423. The maximum atomic E-state index is 13.3. The SMILES string of the molecule is COc1cc(OCCCNC(C)=O)ccc1C(=O)N1CCC(N2C(=O)OCc3ccccc32)CC1. The number of carbonyl (C=O) groups excluding carboxylic acids is 3. The van der Waals surface area contributed by atoms with Crippen molar-refractivity contribution in [3.8, 4) is 11.5 Å². The van der Waals surface area contributed by atoms with E-state index in [-0.39, 0.29) is 30.6 Å². The molecule has 9 nitrogen and oxygen atoms in total. The maximum absolute atomic E-state index is 13.3. The van der Waals surface area contributed by atoms with Crippen molar-refractivity contribution in [2.45, 2.75) is 38.8 Å². The van der Waals surface area contributed by atoms with Crippen LogP contribution in [-0.4, -0.2) is 62.2 Å². The summed E-state index contributed by atoms with van der Waals surface area (Å²) in [5, 5.41) is 2.72. The summed E-state index contributed by atoms with van der Waals surface area (Å²) in [7, 11) is 1.53. The maximum Gasteiger partial charge on any atom is 0.414 e. The smallest absolute Gasteiger partial charge is 0.414 e. The van der Waals surface area contributed by atoms with Gasteiger partial charge in [-0.2, -0.15) is 0 Å². The van der Waals surface area contributed by atoms with Crippen LogP contribution in [0.1, 0.15) is 42.1 Å². The molecule has 1 N–H and O–H groups in total. The molecule has 4 rings (SSSR count). The number of fused-ring (bicyclic) bond motifs is 1. The first-order valence-corrected chi connectivity index (χ1v) is 11.9. The molecule has 3 amide bonds. The number of methoxy groups -OCH3 is 1. The number of piperidine rings is 1. The van der Waals surface area contributed by atoms with Crippen LogP contribution in [0.5, 0.6) is 11.5 Å². The lowest BCUT2D eigenvalue weighted by atomic mass is 10.00. The second-order valence-corrected chi connectivity index (χ2v) is 8.62. The standard InChI is InChI=1S/C26H31N3O6/c1-18(30)27-12-5-15-34-21-8-9-22(24(16-21)33-2)25(31)28-13-10-20(11-14-28)29-23-7-4-3-6-19(23)17-35-26(29)32/h3-4,6-9,16,20H,5,10-15,17H2,1-2H3,(H,27,30). The zero-order chi connectivity index (χ0) is 24.8. The molecule has 35 heavy (non-hydrogen) atoms. The van der Waals surface area contributed by atoms with E-state index in [0.717, 1.165) is 11.3 Å². The molecular formula is C26H31N3O6. The number of para-hydroxylation sites is 1. The predicted octanol–water partition coefficient (Wildman–Crippen LogP) is 3.36. The third-order valence-electron chi connectivity index (χ3n) is 6.28. The van der Waals surface area contributed by atoms with Crippen LogP contribution >= 0.6 is 0 Å². The van der Waals surface area contributed by atoms with Gasteiger partial charge in [0.05, 0.1) is 25.0 Å². The number of ether oxygens (including phenoxy) is 3. The highest BCUT2D eigenvalue weighted by Crippen LogP contribution is 2.33. The predicted molar refractivity (Wildman–Crippen MR) is 130 cm³/mol. The summed E-state index contributed by atoms with van der Waals surface area (Å²) in [4.78, 5) is 40.2. The molecule has 9 heteroatoms. The van der Waals surface area contributed by atoms with Crippen molar-refractivity contribution >= 4 is 23.6 Å². The first-order chi connectivity index (χ1) is 17.0. The van der Waals surface area contributed by atoms with Crippen LogP contribution in [0.2, 0.25) is 0 Å². The number of hydrogen-bond donors (Lipinski definition) is 1. The Labute approximate surface area is 204 Å². The number of anilines is 1. The summed E-state index contributed by atoms with van der Waals surface area (Å²) < 4.78 is 16.6. The molecule has 2 aliphatic heterocycles. The second-order valence-electron chi connectivity index (χ2n) is 8.62. The highest BCUT2D eigenvalue weighted by atomic mass is 16.6. The molecule has 2 heterocycles. The van der Waals surface area contributed by atoms with Crippen LogP contribution in [0, 0.1) is 0 Å². The van der Waals surface area contributed by atoms with Crippen LogP contribution in [0.15, 0.2) is 42.5 Å². The number of carbonyl (C=O) groups is 3. The molecule has 0 aliphatic carbocycles. The van der Waals surface area contributed by atoms with E-state index in [1.54, 1.807) is 28.0 Å². The van der Waals surface area contributed by atoms with Gasteiger partial charge in [-0.25, -0.2) is 4.79 Å². The molecule has 0 radical (unpaired) electrons. The Morgan fingerprint density at radius 1 is 1.14 bits per heavy atom. The molecule has 0 saturated carbocycles. The molecule has 1 saturated heterocycles. The number of hydrogen-bond acceptors (Lipinski definition) is 6. The topological polar surface area (TPSA) is 97.4 Å². The van der Waals surface area contributed by atoms with E-state index in [4.69, 9.17) is 14.2 Å². The number of rotatable bonds is 8. The molecule has 1 fully saturated rings. The van der Waals surface area contributed by atoms with Crippen molar-refractivity contribution in [1.29, 1.82) is 0 Å². The number of amides is 3. The minimum atomic E-state index is -0.331. The highest BCUT2D eigenvalue weighted by Gasteiger charge is 2.35. The first-order valence-electron chi connectivity index (χ1n) is 11.9. The third kappa shape index (κ3) is 5.67. The van der Waals surface area contributed by atoms with E-state index in [9.17, 15) is 14.4 Å². The average Bonchev–Trinajstić information content (AvgIpc) is 2.88. The summed E-state index contributed by atoms with van der Waals surface area (Å²) in [5.74, 6) is 0.866. The Kier molecular flexibility index (Phi) is 7.74. The Morgan fingerprint density at radius 2 is 1.91 bits per heavy atom. The highest BCUT2D eigenvalue weighted by molar-refractivity contribution is 5.97. The van der Waals surface area contributed by atoms with Gasteiger partial charge in [0, 0.05) is 44.2 Å². The lowest BCUT2D eigenvalue weighted by Crippen LogP contribution is -2.50. The number of cyclic esters (lactones) is 1. The Balaban J connectivity index is 1.36. The summed E-state index contributed by atoms with van der Waals surface area (Å²) in [6.07, 6.45) is 1.66. The fourth-order valence-electron chi connectivity index (χ4n) is 4.48. The molecule has 2 aromatic carbocycles. The van der Waals surface area contributed by atoms with E-state index in [1.165, 1.54) is 14.0 Å². The van der Waals surface area contributed by atoms with Crippen LogP contribution < -0.4 is 19.7 Å². The summed E-state index contributed by atoms with van der Waals surface area (Å²) in [6, 6.07) is 12.9. The molecule has 0 unspecified atom stereocenters. The van der Waals surface area contributed by atoms with E-state index < -0.39 is 0 Å². The fourth-order valence-corrected chi connectivity index (χ4v) is 4.48. The van der Waals surface area contributed by atoms with Crippen molar-refractivity contribution in [3.05, 3.63) is 53.6 Å². The quantitative estimate of drug-likeness (QED) is 0.581. The lowest BCUT2D eigenvalue weighted by molar-refractivity contribution is -0.118. The van der Waals surface area contributed by atoms with Gasteiger partial charge in [-0.1, -0.05) is 18.2 Å². The number of nitrogens with zero attached hydrogens (tertiary/aromatic N) is 2. The number of nitrogens with one attached hydrogen (secondary N) is 1. The molecule has 2 aromatic rings. The van der Waals surface area contributed by atoms with Crippen LogP contribution in [0.4, 0.5) is 10.5 Å². The number of likely N-dealkylation sites (tertiary alicyclic amines) is 1. The van der Waals surface area contributed by atoms with Gasteiger partial charge in [-0.15, -0.1) is 0 Å². The summed E-state index contributed by atoms with van der Waals surface area (Å²) >= 11 is 0. The van der Waals surface area contributed by atoms with Crippen molar-refractivity contribution < 1.29 is 28.6 Å². The minimum Gasteiger partial charge on any atom is -0.496 e. The monoisotopic (exact) mass is 481 g/mol. The minimum absolute atomic E-state index is 0.0248. The number of benzene rings is 2. The molecule has 0 atom stereocenters. The van der Waals surface area contributed by atoms with Gasteiger partial charge < -0.3 is 24.4 Å². The third-order valence-corrected chi connectivity index (χ3v) is 6.28. The van der Waals surface area contributed by atoms with E-state index >= 15 is 0 Å². The van der Waals surface area contributed by atoms with Crippen molar-refractivity contribution in [2.24, 2.45) is 0 Å². The van der Waals surface area contributed by atoms with Gasteiger partial charge in [0.1, 0.15) is 18.1 Å². The average molecular weight is 482 g/mol. The Morgan fingerprint density at radius 3 is 2.66 bits per heavy atom. The zero-order valence-corrected chi connectivity index (χ0v) is 20.1. The van der Waals surface area contributed by atoms with Gasteiger partial charge in [-0.05, 0) is 37.5 Å². The van der Waals surface area contributed by atoms with Crippen LogP contribution in [-0.2, 0) is 16.1 Å². The van der Waals surface area contributed by atoms with Gasteiger partial charge in [-0.3, -0.25) is 14.5 Å². The van der Waals surface area contributed by atoms with E-state index in [1.807, 2.05) is 24.3 Å². The lowest BCUT2D eigenvalue weighted by Gasteiger charge is -2.40. The van der Waals surface area contributed by atoms with E-state index in [0.29, 0.717) is 62.6 Å². The van der Waals surface area contributed by atoms with Crippen LogP contribution in [0.3, 0.4) is 0 Å². The summed E-state index contributed by atoms with van der Waals surface area (Å²) in [5.41, 5.74) is 2.36. The van der Waals surface area contributed by atoms with Crippen molar-refractivity contribution in [1.82, 2.24) is 10.2 Å². The Hall–Kier alpha value is -3.75. The molecule has 0 spiro atoms. The largest absolute Gasteiger partial charge is 0.496 e. The van der Waals surface area contributed by atoms with Crippen LogP contribution in [0.25, 0.3) is 0 Å². The van der Waals surface area contributed by atoms with Gasteiger partial charge in [0.2, 0.25) is 5.91 Å². The zero-order valence-electron chi connectivity index (χ0n) is 20.1. The second kappa shape index (κ2) is 11.1. The molecule has 186 valence electrons. The molecular weight excluding hydrogens is 450 g/mol. The summed E-state index contributed by atoms with van der Waals surface area (Å²) in [6.45, 7) is 3.80. The molecule has 0 aromatic heterocycles. The van der Waals surface area contributed by atoms with Gasteiger partial charge >= 0.3 is 6.09 Å². The van der Waals surface area contributed by atoms with Crippen molar-refractivity contribution in [3.63, 3.8) is 0 Å². The molecule has 2 aliphatic rings.